The van der Waals surface area contributed by atoms with Crippen molar-refractivity contribution >= 4 is 22.1 Å². The molecular formula is C40H66O7S. The van der Waals surface area contributed by atoms with Crippen molar-refractivity contribution in [1.82, 2.24) is 0 Å². The van der Waals surface area contributed by atoms with Crippen LogP contribution in [0.4, 0.5) is 0 Å². The zero-order chi connectivity index (χ0) is 35.1. The molecule has 0 bridgehead atoms. The van der Waals surface area contributed by atoms with Crippen LogP contribution in [-0.2, 0) is 19.6 Å². The molecule has 0 heterocycles. The van der Waals surface area contributed by atoms with Crippen LogP contribution < -0.4 is 0 Å². The lowest BCUT2D eigenvalue weighted by Gasteiger charge is -2.11. The summed E-state index contributed by atoms with van der Waals surface area (Å²) in [6.45, 7) is 4.72. The van der Waals surface area contributed by atoms with E-state index in [1.54, 1.807) is 0 Å². The summed E-state index contributed by atoms with van der Waals surface area (Å²) in [5.74, 6) is -1.51. The van der Waals surface area contributed by atoms with E-state index in [4.69, 9.17) is 9.47 Å². The van der Waals surface area contributed by atoms with E-state index < -0.39 is 27.0 Å². The Morgan fingerprint density at radius 1 is 0.542 bits per heavy atom. The van der Waals surface area contributed by atoms with Crippen molar-refractivity contribution in [2.45, 2.75) is 173 Å². The fourth-order valence-electron chi connectivity index (χ4n) is 5.64. The Hall–Kier alpha value is -2.45. The van der Waals surface area contributed by atoms with Gasteiger partial charge in [-0.15, -0.1) is 0 Å². The zero-order valence-electron chi connectivity index (χ0n) is 30.2. The predicted molar refractivity (Wildman–Crippen MR) is 197 cm³/mol. The predicted octanol–water partition coefficient (Wildman–Crippen LogP) is 11.8. The smallest absolute Gasteiger partial charge is 0.339 e. The average molecular weight is 691 g/mol. The molecule has 0 unspecified atom stereocenters. The van der Waals surface area contributed by atoms with Crippen LogP contribution in [0.25, 0.3) is 0 Å². The number of unbranched alkanes of at least 4 members (excludes halogenated alkanes) is 20. The molecule has 8 heteroatoms. The van der Waals surface area contributed by atoms with E-state index in [0.717, 1.165) is 69.9 Å². The normalized spacial score (nSPS) is 11.9. The number of hydrogen-bond donors (Lipinski definition) is 1. The first-order chi connectivity index (χ1) is 23.3. The molecule has 0 spiro atoms. The van der Waals surface area contributed by atoms with Crippen LogP contribution in [-0.4, -0.2) is 38.1 Å². The Bertz CT molecular complexity index is 1140. The van der Waals surface area contributed by atoms with E-state index in [9.17, 15) is 22.6 Å². The van der Waals surface area contributed by atoms with Crippen molar-refractivity contribution in [1.29, 1.82) is 0 Å². The highest BCUT2D eigenvalue weighted by molar-refractivity contribution is 7.85. The van der Waals surface area contributed by atoms with E-state index >= 15 is 0 Å². The average Bonchev–Trinajstić information content (AvgIpc) is 3.07. The maximum atomic E-state index is 12.9. The third-order valence-corrected chi connectivity index (χ3v) is 9.38. The summed E-state index contributed by atoms with van der Waals surface area (Å²) in [4.78, 5) is 25.2. The Kier molecular flexibility index (Phi) is 26.7. The second-order valence-electron chi connectivity index (χ2n) is 12.9. The van der Waals surface area contributed by atoms with Crippen molar-refractivity contribution in [2.75, 3.05) is 13.2 Å². The van der Waals surface area contributed by atoms with Gasteiger partial charge in [0.05, 0.1) is 29.2 Å². The molecular weight excluding hydrogens is 624 g/mol. The first-order valence-corrected chi connectivity index (χ1v) is 20.5. The molecule has 0 atom stereocenters. The van der Waals surface area contributed by atoms with Gasteiger partial charge in [0.1, 0.15) is 0 Å². The van der Waals surface area contributed by atoms with Crippen molar-refractivity contribution < 1.29 is 32.0 Å². The molecule has 0 aliphatic carbocycles. The van der Waals surface area contributed by atoms with E-state index in [-0.39, 0.29) is 24.3 Å². The summed E-state index contributed by atoms with van der Waals surface area (Å²) < 4.78 is 43.7. The molecule has 7 nitrogen and oxygen atoms in total. The molecule has 0 saturated carbocycles. The number of ether oxygens (including phenoxy) is 2. The minimum Gasteiger partial charge on any atom is -0.462 e. The van der Waals surface area contributed by atoms with Gasteiger partial charge in [-0.3, -0.25) is 4.55 Å². The van der Waals surface area contributed by atoms with Crippen LogP contribution >= 0.6 is 0 Å². The second-order valence-corrected chi connectivity index (χ2v) is 14.3. The van der Waals surface area contributed by atoms with Gasteiger partial charge in [0.15, 0.2) is 0 Å². The summed E-state index contributed by atoms with van der Waals surface area (Å²) in [6, 6.07) is 3.28. The minimum atomic E-state index is -4.56. The Labute approximate surface area is 293 Å². The monoisotopic (exact) mass is 690 g/mol. The number of carbonyl (C=O) groups excluding carboxylic acids is 2. The molecule has 1 N–H and O–H groups in total. The van der Waals surface area contributed by atoms with E-state index in [1.165, 1.54) is 96.0 Å². The SMILES string of the molecule is CC/C=C/CCCCCCCCCCCCOC(=O)c1ccc(S(=O)(=O)O)cc1C(=O)OCCCCCCCCCCCC/C=C/CC. The summed E-state index contributed by atoms with van der Waals surface area (Å²) in [7, 11) is -4.56. The molecule has 0 aromatic heterocycles. The van der Waals surface area contributed by atoms with Gasteiger partial charge in [-0.2, -0.15) is 8.42 Å². The third-order valence-electron chi connectivity index (χ3n) is 8.53. The third kappa shape index (κ3) is 23.0. The maximum absolute atomic E-state index is 12.9. The fraction of sp³-hybridized carbons (Fsp3) is 0.700. The molecule has 48 heavy (non-hydrogen) atoms. The van der Waals surface area contributed by atoms with Gasteiger partial charge in [0.2, 0.25) is 0 Å². The van der Waals surface area contributed by atoms with Gasteiger partial charge < -0.3 is 9.47 Å². The summed E-state index contributed by atoms with van der Waals surface area (Å²) in [5, 5.41) is 0. The van der Waals surface area contributed by atoms with Crippen LogP contribution in [0.3, 0.4) is 0 Å². The molecule has 0 aliphatic rings. The molecule has 1 rings (SSSR count). The van der Waals surface area contributed by atoms with Gasteiger partial charge in [-0.05, 0) is 69.6 Å². The van der Waals surface area contributed by atoms with Crippen molar-refractivity contribution in [3.63, 3.8) is 0 Å². The van der Waals surface area contributed by atoms with E-state index in [2.05, 4.69) is 38.2 Å². The van der Waals surface area contributed by atoms with E-state index in [1.807, 2.05) is 0 Å². The lowest BCUT2D eigenvalue weighted by atomic mass is 10.1. The van der Waals surface area contributed by atoms with Crippen LogP contribution in [0.15, 0.2) is 47.4 Å². The van der Waals surface area contributed by atoms with Crippen LogP contribution in [0.2, 0.25) is 0 Å². The van der Waals surface area contributed by atoms with Crippen molar-refractivity contribution in [3.05, 3.63) is 53.6 Å². The van der Waals surface area contributed by atoms with Crippen LogP contribution in [0, 0.1) is 0 Å². The number of carbonyl (C=O) groups is 2. The molecule has 0 aliphatic heterocycles. The van der Waals surface area contributed by atoms with Gasteiger partial charge in [0.25, 0.3) is 10.1 Å². The highest BCUT2D eigenvalue weighted by Crippen LogP contribution is 2.20. The topological polar surface area (TPSA) is 107 Å². The molecule has 0 radical (unpaired) electrons. The summed E-state index contributed by atoms with van der Waals surface area (Å²) in [5.41, 5.74) is -0.278. The Balaban J connectivity index is 2.30. The number of rotatable bonds is 31. The molecule has 0 amide bonds. The molecule has 274 valence electrons. The van der Waals surface area contributed by atoms with Crippen molar-refractivity contribution in [2.24, 2.45) is 0 Å². The number of hydrogen-bond acceptors (Lipinski definition) is 6. The maximum Gasteiger partial charge on any atom is 0.339 e. The fourth-order valence-corrected chi connectivity index (χ4v) is 6.15. The Morgan fingerprint density at radius 2 is 0.896 bits per heavy atom. The van der Waals surface area contributed by atoms with Crippen LogP contribution in [0.5, 0.6) is 0 Å². The largest absolute Gasteiger partial charge is 0.462 e. The number of esters is 2. The standard InChI is InChI=1S/C40H66O7S/c1-3-5-7-9-11-13-15-17-19-21-23-25-27-29-33-46-39(41)37-32-31-36(48(43,44)45)35-38(37)40(42)47-34-30-28-26-24-22-20-18-16-14-12-10-8-6-4-2/h5-8,31-32,35H,3-4,9-30,33-34H2,1-2H3,(H,43,44,45)/b7-5+,8-6+. The molecule has 0 saturated heterocycles. The van der Waals surface area contributed by atoms with E-state index in [0.29, 0.717) is 6.42 Å². The Morgan fingerprint density at radius 3 is 1.27 bits per heavy atom. The zero-order valence-corrected chi connectivity index (χ0v) is 31.0. The summed E-state index contributed by atoms with van der Waals surface area (Å²) >= 11 is 0. The van der Waals surface area contributed by atoms with Crippen LogP contribution in [0.1, 0.15) is 189 Å². The molecule has 1 aromatic carbocycles. The number of allylic oxidation sites excluding steroid dienone is 4. The van der Waals surface area contributed by atoms with Gasteiger partial charge >= 0.3 is 11.9 Å². The first kappa shape index (κ1) is 43.6. The highest BCUT2D eigenvalue weighted by atomic mass is 32.2. The van der Waals surface area contributed by atoms with Crippen molar-refractivity contribution in [3.8, 4) is 0 Å². The minimum absolute atomic E-state index is 0.0637. The first-order valence-electron chi connectivity index (χ1n) is 19.1. The second kappa shape index (κ2) is 29.5. The molecule has 1 aromatic rings. The van der Waals surface area contributed by atoms with Gasteiger partial charge in [-0.25, -0.2) is 9.59 Å². The van der Waals surface area contributed by atoms with Gasteiger partial charge in [0, 0.05) is 0 Å². The lowest BCUT2D eigenvalue weighted by molar-refractivity contribution is 0.0450. The quantitative estimate of drug-likeness (QED) is 0.0357. The highest BCUT2D eigenvalue weighted by Gasteiger charge is 2.23. The molecule has 0 fully saturated rings. The summed E-state index contributed by atoms with van der Waals surface area (Å²) in [6.07, 6.45) is 36.6. The number of benzene rings is 1. The lowest BCUT2D eigenvalue weighted by Crippen LogP contribution is -2.16. The van der Waals surface area contributed by atoms with Gasteiger partial charge in [-0.1, -0.05) is 141 Å².